The van der Waals surface area contributed by atoms with Gasteiger partial charge in [0.25, 0.3) is 7.59 Å². The lowest BCUT2D eigenvalue weighted by Gasteiger charge is -2.40. The van der Waals surface area contributed by atoms with Crippen LogP contribution in [0.2, 0.25) is 0 Å². The molecule has 1 saturated carbocycles. The maximum atomic E-state index is 13.9. The van der Waals surface area contributed by atoms with Gasteiger partial charge in [0.2, 0.25) is 0 Å². The summed E-state index contributed by atoms with van der Waals surface area (Å²) in [4.78, 5) is 0. The Morgan fingerprint density at radius 2 is 1.65 bits per heavy atom. The lowest BCUT2D eigenvalue weighted by molar-refractivity contribution is 0.247. The Hall–Kier alpha value is -0.150. The van der Waals surface area contributed by atoms with Crippen LogP contribution in [0.25, 0.3) is 0 Å². The third-order valence-electron chi connectivity index (χ3n) is 4.97. The first-order valence-corrected chi connectivity index (χ1v) is 9.68. The molecule has 2 aliphatic heterocycles. The summed E-state index contributed by atoms with van der Waals surface area (Å²) in [6.45, 7) is 11.0. The van der Waals surface area contributed by atoms with E-state index in [4.69, 9.17) is 0 Å². The van der Waals surface area contributed by atoms with E-state index in [-0.39, 0.29) is 0 Å². The van der Waals surface area contributed by atoms with Crippen molar-refractivity contribution in [2.75, 3.05) is 19.6 Å². The zero-order valence-electron chi connectivity index (χ0n) is 12.9. The van der Waals surface area contributed by atoms with Crippen molar-refractivity contribution < 1.29 is 4.57 Å². The fraction of sp³-hybridized carbons (Fsp3) is 0.867. The molecule has 3 rings (SSSR count). The average molecular weight is 297 g/mol. The van der Waals surface area contributed by atoms with Gasteiger partial charge in [-0.05, 0) is 26.7 Å². The minimum atomic E-state index is -2.52. The first kappa shape index (κ1) is 14.8. The number of nitrogens with zero attached hydrogens (tertiary/aromatic N) is 3. The molecule has 20 heavy (non-hydrogen) atoms. The summed E-state index contributed by atoms with van der Waals surface area (Å²) in [5, 5.41) is 0. The van der Waals surface area contributed by atoms with Gasteiger partial charge in [0, 0.05) is 37.8 Å². The van der Waals surface area contributed by atoms with Crippen molar-refractivity contribution in [2.24, 2.45) is 0 Å². The van der Waals surface area contributed by atoms with Gasteiger partial charge in [-0.1, -0.05) is 25.3 Å². The van der Waals surface area contributed by atoms with E-state index < -0.39 is 7.59 Å². The molecule has 3 unspecified atom stereocenters. The topological polar surface area (TPSA) is 26.3 Å². The summed E-state index contributed by atoms with van der Waals surface area (Å²) in [5.41, 5.74) is 0. The highest BCUT2D eigenvalue weighted by molar-refractivity contribution is 7.57. The zero-order valence-corrected chi connectivity index (χ0v) is 13.8. The van der Waals surface area contributed by atoms with Crippen LogP contribution in [0.3, 0.4) is 0 Å². The van der Waals surface area contributed by atoms with E-state index in [1.54, 1.807) is 0 Å². The minimum Gasteiger partial charge on any atom is -0.270 e. The van der Waals surface area contributed by atoms with Gasteiger partial charge >= 0.3 is 0 Å². The molecule has 1 aliphatic carbocycles. The highest BCUT2D eigenvalue weighted by Gasteiger charge is 2.58. The predicted molar refractivity (Wildman–Crippen MR) is 83.7 cm³/mol. The largest absolute Gasteiger partial charge is 0.288 e. The van der Waals surface area contributed by atoms with Gasteiger partial charge in [-0.3, -0.25) is 4.57 Å². The van der Waals surface area contributed by atoms with Crippen LogP contribution in [0, 0.1) is 0 Å². The van der Waals surface area contributed by atoms with Crippen molar-refractivity contribution in [3.8, 4) is 0 Å². The van der Waals surface area contributed by atoms with E-state index in [0.29, 0.717) is 18.1 Å². The normalized spacial score (nSPS) is 40.4. The Morgan fingerprint density at radius 1 is 1.15 bits per heavy atom. The maximum absolute atomic E-state index is 13.9. The quantitative estimate of drug-likeness (QED) is 0.427. The van der Waals surface area contributed by atoms with E-state index in [1.165, 1.54) is 32.1 Å². The summed E-state index contributed by atoms with van der Waals surface area (Å²) in [6.07, 6.45) is 8.23. The Bertz CT molecular complexity index is 401. The van der Waals surface area contributed by atoms with Gasteiger partial charge in [0.15, 0.2) is 0 Å². The molecule has 3 fully saturated rings. The molecular weight excluding hydrogens is 269 g/mol. The molecule has 5 atom stereocenters. The van der Waals surface area contributed by atoms with Crippen molar-refractivity contribution in [2.45, 2.75) is 64.1 Å². The molecule has 0 bridgehead atoms. The smallest absolute Gasteiger partial charge is 0.270 e. The van der Waals surface area contributed by atoms with Gasteiger partial charge in [-0.25, -0.2) is 14.0 Å². The molecule has 0 aromatic heterocycles. The Morgan fingerprint density at radius 3 is 2.05 bits per heavy atom. The standard InChI is InChI=1S/C15H28N3OP/c1-4-10-16(15-8-6-5-7-9-15)20(19,17-11-13(17)2)18-12-14(18)3/h4,13-15H,1,5-12H2,2-3H3/t13-,14+,17?,18?,20?. The first-order chi connectivity index (χ1) is 9.59. The second-order valence-electron chi connectivity index (χ2n) is 6.66. The van der Waals surface area contributed by atoms with Crippen molar-refractivity contribution in [1.29, 1.82) is 0 Å². The zero-order chi connectivity index (χ0) is 14.3. The van der Waals surface area contributed by atoms with Crippen molar-refractivity contribution in [1.82, 2.24) is 14.0 Å². The van der Waals surface area contributed by atoms with Crippen molar-refractivity contribution in [3.63, 3.8) is 0 Å². The van der Waals surface area contributed by atoms with Crippen LogP contribution in [0.1, 0.15) is 46.0 Å². The van der Waals surface area contributed by atoms with Gasteiger partial charge in [0.05, 0.1) is 0 Å². The molecule has 4 nitrogen and oxygen atoms in total. The van der Waals surface area contributed by atoms with Crippen molar-refractivity contribution >= 4 is 7.59 Å². The van der Waals surface area contributed by atoms with E-state index in [1.807, 2.05) is 6.08 Å². The van der Waals surface area contributed by atoms with Crippen LogP contribution in [0.5, 0.6) is 0 Å². The van der Waals surface area contributed by atoms with E-state index >= 15 is 0 Å². The lowest BCUT2D eigenvalue weighted by Crippen LogP contribution is -2.38. The highest BCUT2D eigenvalue weighted by Crippen LogP contribution is 2.67. The molecule has 2 saturated heterocycles. The summed E-state index contributed by atoms with van der Waals surface area (Å²) in [7, 11) is -2.52. The molecule has 0 aromatic rings. The average Bonchev–Trinajstić information content (AvgIpc) is 3.35. The van der Waals surface area contributed by atoms with Crippen LogP contribution in [-0.2, 0) is 4.57 Å². The third-order valence-corrected chi connectivity index (χ3v) is 8.58. The monoisotopic (exact) mass is 297 g/mol. The number of hydrogen-bond donors (Lipinski definition) is 0. The predicted octanol–water partition coefficient (Wildman–Crippen LogP) is 3.32. The van der Waals surface area contributed by atoms with Crippen LogP contribution in [-0.4, -0.2) is 51.8 Å². The fourth-order valence-corrected chi connectivity index (χ4v) is 7.39. The fourth-order valence-electron chi connectivity index (χ4n) is 3.60. The summed E-state index contributed by atoms with van der Waals surface area (Å²) in [6, 6.07) is 1.43. The molecule has 0 spiro atoms. The molecule has 0 radical (unpaired) electrons. The second-order valence-corrected chi connectivity index (χ2v) is 9.23. The number of rotatable bonds is 6. The molecule has 2 heterocycles. The van der Waals surface area contributed by atoms with Gasteiger partial charge in [0.1, 0.15) is 0 Å². The Kier molecular flexibility index (Phi) is 4.11. The highest BCUT2D eigenvalue weighted by atomic mass is 31.2. The minimum absolute atomic E-state index is 0.476. The molecule has 3 aliphatic rings. The van der Waals surface area contributed by atoms with Gasteiger partial charge < -0.3 is 0 Å². The van der Waals surface area contributed by atoms with E-state index in [0.717, 1.165) is 19.6 Å². The lowest BCUT2D eigenvalue weighted by atomic mass is 9.95. The molecular formula is C15H28N3OP. The Balaban J connectivity index is 1.85. The summed E-state index contributed by atoms with van der Waals surface area (Å²) < 4.78 is 20.7. The van der Waals surface area contributed by atoms with Crippen LogP contribution < -0.4 is 0 Å². The van der Waals surface area contributed by atoms with Crippen LogP contribution in [0.15, 0.2) is 12.7 Å². The van der Waals surface area contributed by atoms with Gasteiger partial charge in [-0.15, -0.1) is 6.58 Å². The van der Waals surface area contributed by atoms with Crippen LogP contribution in [0.4, 0.5) is 0 Å². The maximum Gasteiger partial charge on any atom is 0.288 e. The molecule has 0 aromatic carbocycles. The molecule has 0 amide bonds. The molecule has 0 N–H and O–H groups in total. The van der Waals surface area contributed by atoms with Crippen LogP contribution >= 0.6 is 7.59 Å². The van der Waals surface area contributed by atoms with E-state index in [2.05, 4.69) is 34.4 Å². The third kappa shape index (κ3) is 2.52. The summed E-state index contributed by atoms with van der Waals surface area (Å²) >= 11 is 0. The molecule has 114 valence electrons. The Labute approximate surface area is 123 Å². The van der Waals surface area contributed by atoms with Gasteiger partial charge in [-0.2, -0.15) is 0 Å². The van der Waals surface area contributed by atoms with E-state index in [9.17, 15) is 4.57 Å². The first-order valence-electron chi connectivity index (χ1n) is 8.11. The molecule has 5 heteroatoms. The summed E-state index contributed by atoms with van der Waals surface area (Å²) in [5.74, 6) is 0. The SMILES string of the molecule is C=CCN(C1CCCCC1)P(=O)(N1C[C@H]1C)N1C[C@@H]1C. The van der Waals surface area contributed by atoms with Crippen molar-refractivity contribution in [3.05, 3.63) is 12.7 Å². The second kappa shape index (κ2) is 5.57. The number of hydrogen-bond acceptors (Lipinski definition) is 1.